The van der Waals surface area contributed by atoms with Gasteiger partial charge >= 0.3 is 0 Å². The van der Waals surface area contributed by atoms with Gasteiger partial charge in [0.2, 0.25) is 0 Å². The van der Waals surface area contributed by atoms with Crippen molar-refractivity contribution in [3.05, 3.63) is 40.7 Å². The third-order valence-electron chi connectivity index (χ3n) is 2.53. The van der Waals surface area contributed by atoms with E-state index in [1.54, 1.807) is 17.7 Å². The number of hydrazone groups is 1. The number of aromatic nitrogens is 1. The average Bonchev–Trinajstić information content (AvgIpc) is 2.31. The molecular weight excluding hydrogens is 214 g/mol. The second-order valence-corrected chi connectivity index (χ2v) is 4.18. The van der Waals surface area contributed by atoms with E-state index in [1.807, 2.05) is 38.1 Å². The van der Waals surface area contributed by atoms with E-state index in [4.69, 9.17) is 0 Å². The number of hydrogen-bond acceptors (Lipinski definition) is 3. The molecule has 17 heavy (non-hydrogen) atoms. The molecule has 0 bridgehead atoms. The van der Waals surface area contributed by atoms with E-state index in [9.17, 15) is 4.79 Å². The van der Waals surface area contributed by atoms with Crippen molar-refractivity contribution in [1.82, 2.24) is 4.57 Å². The summed E-state index contributed by atoms with van der Waals surface area (Å²) in [7, 11) is 1.77. The van der Waals surface area contributed by atoms with E-state index in [2.05, 4.69) is 10.5 Å². The van der Waals surface area contributed by atoms with Crippen molar-refractivity contribution >= 4 is 22.3 Å². The van der Waals surface area contributed by atoms with Crippen LogP contribution < -0.4 is 11.0 Å². The molecule has 0 fully saturated rings. The molecule has 1 N–H and O–H groups in total. The quantitative estimate of drug-likeness (QED) is 0.634. The Morgan fingerprint density at radius 2 is 2.00 bits per heavy atom. The summed E-state index contributed by atoms with van der Waals surface area (Å²) in [5, 5.41) is 5.15. The first-order chi connectivity index (χ1) is 8.08. The van der Waals surface area contributed by atoms with Crippen LogP contribution in [0.5, 0.6) is 0 Å². The van der Waals surface area contributed by atoms with Gasteiger partial charge < -0.3 is 4.57 Å². The smallest absolute Gasteiger partial charge is 0.250 e. The lowest BCUT2D eigenvalue weighted by atomic mass is 10.2. The fourth-order valence-electron chi connectivity index (χ4n) is 1.63. The molecule has 2 aromatic rings. The average molecular weight is 229 g/mol. The Bertz CT molecular complexity index is 637. The Morgan fingerprint density at radius 1 is 1.24 bits per heavy atom. The van der Waals surface area contributed by atoms with Crippen molar-refractivity contribution in [2.24, 2.45) is 12.1 Å². The summed E-state index contributed by atoms with van der Waals surface area (Å²) in [6.45, 7) is 3.86. The van der Waals surface area contributed by atoms with E-state index < -0.39 is 0 Å². The Balaban J connectivity index is 2.49. The van der Waals surface area contributed by atoms with Gasteiger partial charge in [-0.2, -0.15) is 5.10 Å². The first-order valence-electron chi connectivity index (χ1n) is 5.44. The summed E-state index contributed by atoms with van der Waals surface area (Å²) in [4.78, 5) is 11.5. The number of nitrogens with one attached hydrogen (secondary N) is 1. The number of hydrogen-bond donors (Lipinski definition) is 1. The molecule has 4 nitrogen and oxygen atoms in total. The van der Waals surface area contributed by atoms with Crippen LogP contribution in [0.3, 0.4) is 0 Å². The Kier molecular flexibility index (Phi) is 2.95. The van der Waals surface area contributed by atoms with E-state index in [0.717, 1.165) is 22.3 Å². The number of rotatable bonds is 2. The summed E-state index contributed by atoms with van der Waals surface area (Å²) in [6, 6.07) is 9.20. The molecule has 4 heteroatoms. The van der Waals surface area contributed by atoms with Gasteiger partial charge in [0.05, 0.1) is 11.2 Å². The maximum absolute atomic E-state index is 11.5. The van der Waals surface area contributed by atoms with Crippen LogP contribution in [0.1, 0.15) is 13.8 Å². The number of fused-ring (bicyclic) bond motifs is 1. The van der Waals surface area contributed by atoms with E-state index in [-0.39, 0.29) is 5.56 Å². The fourth-order valence-corrected chi connectivity index (χ4v) is 1.63. The summed E-state index contributed by atoms with van der Waals surface area (Å²) in [5.74, 6) is 0. The van der Waals surface area contributed by atoms with Crippen LogP contribution in [0, 0.1) is 0 Å². The molecule has 0 aliphatic rings. The van der Waals surface area contributed by atoms with Crippen molar-refractivity contribution in [2.45, 2.75) is 13.8 Å². The third-order valence-corrected chi connectivity index (χ3v) is 2.53. The molecule has 0 saturated heterocycles. The predicted octanol–water partition coefficient (Wildman–Crippen LogP) is 2.35. The molecule has 1 heterocycles. The molecular formula is C13H15N3O. The second-order valence-electron chi connectivity index (χ2n) is 4.18. The van der Waals surface area contributed by atoms with Crippen LogP contribution >= 0.6 is 0 Å². The first kappa shape index (κ1) is 11.4. The maximum atomic E-state index is 11.5. The molecule has 0 aliphatic heterocycles. The molecule has 0 spiro atoms. The SMILES string of the molecule is CC(C)=NNc1ccc2c(ccc(=O)n2C)c1. The molecule has 0 radical (unpaired) electrons. The molecule has 0 saturated carbocycles. The second kappa shape index (κ2) is 4.41. The minimum Gasteiger partial charge on any atom is -0.311 e. The molecule has 0 amide bonds. The van der Waals surface area contributed by atoms with Crippen LogP contribution in [0.25, 0.3) is 10.9 Å². The summed E-state index contributed by atoms with van der Waals surface area (Å²) < 4.78 is 1.63. The van der Waals surface area contributed by atoms with Crippen LogP contribution in [0.15, 0.2) is 40.2 Å². The van der Waals surface area contributed by atoms with Crippen LogP contribution in [0.4, 0.5) is 5.69 Å². The molecule has 0 unspecified atom stereocenters. The highest BCUT2D eigenvalue weighted by atomic mass is 16.1. The van der Waals surface area contributed by atoms with Crippen LogP contribution in [-0.2, 0) is 7.05 Å². The topological polar surface area (TPSA) is 46.4 Å². The molecule has 88 valence electrons. The summed E-state index contributed by atoms with van der Waals surface area (Å²) in [5.41, 5.74) is 5.77. The van der Waals surface area contributed by atoms with Crippen molar-refractivity contribution in [3.63, 3.8) is 0 Å². The number of pyridine rings is 1. The maximum Gasteiger partial charge on any atom is 0.250 e. The van der Waals surface area contributed by atoms with Gasteiger partial charge in [-0.25, -0.2) is 0 Å². The van der Waals surface area contributed by atoms with Gasteiger partial charge in [0.15, 0.2) is 0 Å². The van der Waals surface area contributed by atoms with Gasteiger partial charge in [0, 0.05) is 24.2 Å². The van der Waals surface area contributed by atoms with Gasteiger partial charge in [0.1, 0.15) is 0 Å². The lowest BCUT2D eigenvalue weighted by molar-refractivity contribution is 0.906. The van der Waals surface area contributed by atoms with Crippen molar-refractivity contribution in [2.75, 3.05) is 5.43 Å². The minimum atomic E-state index is 0.000586. The molecule has 0 atom stereocenters. The number of nitrogens with zero attached hydrogens (tertiary/aromatic N) is 2. The highest BCUT2D eigenvalue weighted by Crippen LogP contribution is 2.17. The number of benzene rings is 1. The highest BCUT2D eigenvalue weighted by molar-refractivity contribution is 5.83. The van der Waals surface area contributed by atoms with Crippen LogP contribution in [0.2, 0.25) is 0 Å². The molecule has 1 aromatic heterocycles. The zero-order valence-corrected chi connectivity index (χ0v) is 10.2. The standard InChI is InChI=1S/C13H15N3O/c1-9(2)14-15-11-5-6-12-10(8-11)4-7-13(17)16(12)3/h4-8,15H,1-3H3. The Morgan fingerprint density at radius 3 is 2.71 bits per heavy atom. The number of aryl methyl sites for hydroxylation is 1. The number of anilines is 1. The van der Waals surface area contributed by atoms with Gasteiger partial charge in [-0.05, 0) is 38.1 Å². The van der Waals surface area contributed by atoms with Gasteiger partial charge in [-0.3, -0.25) is 10.2 Å². The summed E-state index contributed by atoms with van der Waals surface area (Å²) >= 11 is 0. The Labute approximate surface area is 99.6 Å². The van der Waals surface area contributed by atoms with Gasteiger partial charge in [-0.15, -0.1) is 0 Å². The zero-order chi connectivity index (χ0) is 12.4. The van der Waals surface area contributed by atoms with E-state index in [1.165, 1.54) is 0 Å². The highest BCUT2D eigenvalue weighted by Gasteiger charge is 2.00. The van der Waals surface area contributed by atoms with E-state index >= 15 is 0 Å². The molecule has 2 rings (SSSR count). The largest absolute Gasteiger partial charge is 0.311 e. The monoisotopic (exact) mass is 229 g/mol. The normalized spacial score (nSPS) is 10.3. The van der Waals surface area contributed by atoms with Gasteiger partial charge in [-0.1, -0.05) is 0 Å². The van der Waals surface area contributed by atoms with Crippen molar-refractivity contribution in [3.8, 4) is 0 Å². The van der Waals surface area contributed by atoms with Gasteiger partial charge in [0.25, 0.3) is 5.56 Å². The predicted molar refractivity (Wildman–Crippen MR) is 71.6 cm³/mol. The molecule has 0 aliphatic carbocycles. The molecule has 1 aromatic carbocycles. The van der Waals surface area contributed by atoms with Crippen molar-refractivity contribution < 1.29 is 0 Å². The fraction of sp³-hybridized carbons (Fsp3) is 0.231. The van der Waals surface area contributed by atoms with E-state index in [0.29, 0.717) is 0 Å². The Hall–Kier alpha value is -2.10. The first-order valence-corrected chi connectivity index (χ1v) is 5.44. The lowest BCUT2D eigenvalue weighted by Gasteiger charge is -2.06. The lowest BCUT2D eigenvalue weighted by Crippen LogP contribution is -2.14. The van der Waals surface area contributed by atoms with Crippen LogP contribution in [-0.4, -0.2) is 10.3 Å². The minimum absolute atomic E-state index is 0.000586. The van der Waals surface area contributed by atoms with Crippen molar-refractivity contribution in [1.29, 1.82) is 0 Å². The summed E-state index contributed by atoms with van der Waals surface area (Å²) in [6.07, 6.45) is 0. The third kappa shape index (κ3) is 2.36. The zero-order valence-electron chi connectivity index (χ0n) is 10.2.